The van der Waals surface area contributed by atoms with Crippen LogP contribution in [0.1, 0.15) is 29.4 Å². The van der Waals surface area contributed by atoms with Crippen molar-refractivity contribution in [2.75, 3.05) is 25.5 Å². The van der Waals surface area contributed by atoms with Gasteiger partial charge in [0.25, 0.3) is 0 Å². The van der Waals surface area contributed by atoms with Crippen molar-refractivity contribution in [1.82, 2.24) is 24.6 Å². The first kappa shape index (κ1) is 18.1. The van der Waals surface area contributed by atoms with Gasteiger partial charge < -0.3 is 14.9 Å². The molecule has 0 bridgehead atoms. The van der Waals surface area contributed by atoms with Crippen LogP contribution < -0.4 is 4.90 Å². The highest BCUT2D eigenvalue weighted by Gasteiger charge is 2.25. The fourth-order valence-corrected chi connectivity index (χ4v) is 3.06. The Kier molecular flexibility index (Phi) is 5.32. The van der Waals surface area contributed by atoms with Gasteiger partial charge in [-0.3, -0.25) is 9.48 Å². The van der Waals surface area contributed by atoms with Gasteiger partial charge in [0.2, 0.25) is 11.9 Å². The molecule has 0 spiro atoms. The van der Waals surface area contributed by atoms with E-state index in [2.05, 4.69) is 15.1 Å². The number of hydrogen-bond donors (Lipinski definition) is 1. The molecule has 0 aliphatic carbocycles. The van der Waals surface area contributed by atoms with E-state index in [1.54, 1.807) is 29.4 Å². The molecule has 1 amide bonds. The highest BCUT2D eigenvalue weighted by Crippen LogP contribution is 2.23. The number of anilines is 1. The Balaban J connectivity index is 1.70. The predicted octanol–water partition coefficient (Wildman–Crippen LogP) is 0.849. The average molecular weight is 356 g/mol. The van der Waals surface area contributed by atoms with Gasteiger partial charge in [-0.1, -0.05) is 0 Å². The number of rotatable bonds is 5. The molecule has 0 saturated heterocycles. The molecule has 1 aliphatic heterocycles. The van der Waals surface area contributed by atoms with E-state index in [4.69, 9.17) is 0 Å². The molecule has 0 aromatic carbocycles. The topological polar surface area (TPSA) is 87.4 Å². The molecule has 138 valence electrons. The molecule has 26 heavy (non-hydrogen) atoms. The minimum atomic E-state index is -0.108. The monoisotopic (exact) mass is 356 g/mol. The second-order valence-corrected chi connectivity index (χ2v) is 6.40. The Bertz CT molecular complexity index is 810. The van der Waals surface area contributed by atoms with E-state index in [0.29, 0.717) is 24.7 Å². The predicted molar refractivity (Wildman–Crippen MR) is 98.3 cm³/mol. The summed E-state index contributed by atoms with van der Waals surface area (Å²) in [5.74, 6) is 0.557. The molecule has 8 heteroatoms. The molecule has 0 fully saturated rings. The summed E-state index contributed by atoms with van der Waals surface area (Å²) in [6.07, 6.45) is 7.39. The second-order valence-electron chi connectivity index (χ2n) is 6.40. The van der Waals surface area contributed by atoms with Crippen LogP contribution >= 0.6 is 0 Å². The van der Waals surface area contributed by atoms with Crippen LogP contribution in [0, 0.1) is 0 Å². The zero-order valence-electron chi connectivity index (χ0n) is 15.4. The zero-order chi connectivity index (χ0) is 18.7. The van der Waals surface area contributed by atoms with Crippen molar-refractivity contribution >= 4 is 17.9 Å². The zero-order valence-corrected chi connectivity index (χ0v) is 15.4. The van der Waals surface area contributed by atoms with E-state index in [0.717, 1.165) is 29.8 Å². The fraction of sp³-hybridized carbons (Fsp3) is 0.444. The lowest BCUT2D eigenvalue weighted by Crippen LogP contribution is -2.35. The molecule has 3 rings (SSSR count). The second kappa shape index (κ2) is 7.65. The van der Waals surface area contributed by atoms with Crippen molar-refractivity contribution in [1.29, 1.82) is 0 Å². The van der Waals surface area contributed by atoms with Gasteiger partial charge in [-0.05, 0) is 13.0 Å². The van der Waals surface area contributed by atoms with Gasteiger partial charge in [0.1, 0.15) is 0 Å². The number of aryl methyl sites for hydroxylation is 1. The molecule has 3 heterocycles. The molecule has 0 radical (unpaired) electrons. The summed E-state index contributed by atoms with van der Waals surface area (Å²) < 4.78 is 1.92. The van der Waals surface area contributed by atoms with Crippen molar-refractivity contribution in [3.8, 4) is 0 Å². The summed E-state index contributed by atoms with van der Waals surface area (Å²) in [4.78, 5) is 24.6. The average Bonchev–Trinajstić information content (AvgIpc) is 3.03. The first-order chi connectivity index (χ1) is 12.5. The third kappa shape index (κ3) is 3.60. The Morgan fingerprint density at radius 2 is 2.08 bits per heavy atom. The Morgan fingerprint density at radius 3 is 2.69 bits per heavy atom. The van der Waals surface area contributed by atoms with E-state index in [1.165, 1.54) is 0 Å². The number of amides is 1. The quantitative estimate of drug-likeness (QED) is 0.799. The summed E-state index contributed by atoms with van der Waals surface area (Å²) in [7, 11) is 3.75. The lowest BCUT2D eigenvalue weighted by atomic mass is 10.0. The molecule has 1 N–H and O–H groups in total. The fourth-order valence-electron chi connectivity index (χ4n) is 3.06. The van der Waals surface area contributed by atoms with Crippen molar-refractivity contribution in [3.63, 3.8) is 0 Å². The van der Waals surface area contributed by atoms with Gasteiger partial charge in [-0.25, -0.2) is 9.97 Å². The van der Waals surface area contributed by atoms with Crippen LogP contribution in [0.25, 0.3) is 6.08 Å². The standard InChI is InChI=1S/C18H24N6O2/c1-4-24-16-7-8-23(11-14(16)15(12-25)21-24)17(26)6-5-13-9-19-18(20-10-13)22(2)3/h5-6,9-10,25H,4,7-8,11-12H2,1-3H3. The number of carbonyl (C=O) groups is 1. The summed E-state index contributed by atoms with van der Waals surface area (Å²) >= 11 is 0. The SMILES string of the molecule is CCn1nc(CO)c2c1CCN(C(=O)C=Cc1cnc(N(C)C)nc1)C2. The number of carbonyl (C=O) groups excluding carboxylic acids is 1. The molecule has 2 aromatic rings. The van der Waals surface area contributed by atoms with Crippen LogP contribution in [0.4, 0.5) is 5.95 Å². The molecule has 8 nitrogen and oxygen atoms in total. The number of aromatic nitrogens is 4. The highest BCUT2D eigenvalue weighted by atomic mass is 16.3. The van der Waals surface area contributed by atoms with E-state index in [1.807, 2.05) is 30.6 Å². The minimum Gasteiger partial charge on any atom is -0.390 e. The van der Waals surface area contributed by atoms with Crippen LogP contribution in [-0.4, -0.2) is 56.3 Å². The molecule has 0 atom stereocenters. The van der Waals surface area contributed by atoms with Crippen molar-refractivity contribution in [3.05, 3.63) is 41.0 Å². The van der Waals surface area contributed by atoms with E-state index in [9.17, 15) is 9.90 Å². The van der Waals surface area contributed by atoms with Crippen molar-refractivity contribution < 1.29 is 9.90 Å². The largest absolute Gasteiger partial charge is 0.390 e. The Labute approximate surface area is 152 Å². The normalized spacial score (nSPS) is 13.9. The van der Waals surface area contributed by atoms with Gasteiger partial charge in [-0.2, -0.15) is 5.10 Å². The van der Waals surface area contributed by atoms with E-state index < -0.39 is 0 Å². The first-order valence-corrected chi connectivity index (χ1v) is 8.68. The van der Waals surface area contributed by atoms with Crippen LogP contribution in [0.3, 0.4) is 0 Å². The molecule has 1 aliphatic rings. The lowest BCUT2D eigenvalue weighted by Gasteiger charge is -2.26. The maximum Gasteiger partial charge on any atom is 0.246 e. The number of hydrogen-bond acceptors (Lipinski definition) is 6. The smallest absolute Gasteiger partial charge is 0.246 e. The summed E-state index contributed by atoms with van der Waals surface area (Å²) in [6, 6.07) is 0. The van der Waals surface area contributed by atoms with E-state index in [-0.39, 0.29) is 12.5 Å². The van der Waals surface area contributed by atoms with Crippen LogP contribution in [-0.2, 0) is 30.9 Å². The van der Waals surface area contributed by atoms with Gasteiger partial charge in [0.15, 0.2) is 0 Å². The maximum absolute atomic E-state index is 12.5. The van der Waals surface area contributed by atoms with Crippen LogP contribution in [0.15, 0.2) is 18.5 Å². The summed E-state index contributed by atoms with van der Waals surface area (Å²) in [5, 5.41) is 14.0. The van der Waals surface area contributed by atoms with Gasteiger partial charge in [-0.15, -0.1) is 0 Å². The molecular weight excluding hydrogens is 332 g/mol. The van der Waals surface area contributed by atoms with Crippen LogP contribution in [0.5, 0.6) is 0 Å². The van der Waals surface area contributed by atoms with Gasteiger partial charge in [0.05, 0.1) is 12.3 Å². The minimum absolute atomic E-state index is 0.0690. The van der Waals surface area contributed by atoms with E-state index >= 15 is 0 Å². The molecule has 0 unspecified atom stereocenters. The maximum atomic E-state index is 12.5. The van der Waals surface area contributed by atoms with Crippen molar-refractivity contribution in [2.45, 2.75) is 33.0 Å². The Hall–Kier alpha value is -2.74. The van der Waals surface area contributed by atoms with Crippen LogP contribution in [0.2, 0.25) is 0 Å². The lowest BCUT2D eigenvalue weighted by molar-refractivity contribution is -0.126. The van der Waals surface area contributed by atoms with Gasteiger partial charge in [0, 0.05) is 75.4 Å². The third-order valence-electron chi connectivity index (χ3n) is 4.45. The third-order valence-corrected chi connectivity index (χ3v) is 4.45. The number of aliphatic hydroxyl groups is 1. The molecule has 2 aromatic heterocycles. The summed E-state index contributed by atoms with van der Waals surface area (Å²) in [6.45, 7) is 3.80. The van der Waals surface area contributed by atoms with Gasteiger partial charge >= 0.3 is 0 Å². The highest BCUT2D eigenvalue weighted by molar-refractivity contribution is 5.91. The van der Waals surface area contributed by atoms with Crippen molar-refractivity contribution in [2.24, 2.45) is 0 Å². The molecule has 0 saturated carbocycles. The number of fused-ring (bicyclic) bond motifs is 1. The first-order valence-electron chi connectivity index (χ1n) is 8.68. The number of nitrogens with zero attached hydrogens (tertiary/aromatic N) is 6. The summed E-state index contributed by atoms with van der Waals surface area (Å²) in [5.41, 5.74) is 3.53. The Morgan fingerprint density at radius 1 is 1.35 bits per heavy atom. The molecular formula is C18H24N6O2. The number of aliphatic hydroxyl groups excluding tert-OH is 1.